The molecule has 2 heterocycles. The van der Waals surface area contributed by atoms with Crippen molar-refractivity contribution < 1.29 is 8.42 Å². The maximum absolute atomic E-state index is 12.7. The molecular weight excluding hydrogens is 360 g/mol. The number of nitrogens with zero attached hydrogens (tertiary/aromatic N) is 3. The largest absolute Gasteiger partial charge is 0.356 e. The molecule has 1 aliphatic heterocycles. The van der Waals surface area contributed by atoms with Gasteiger partial charge in [0.1, 0.15) is 5.82 Å². The third-order valence-corrected chi connectivity index (χ3v) is 5.84. The molecule has 27 heavy (non-hydrogen) atoms. The average Bonchev–Trinajstić information content (AvgIpc) is 3.24. The highest BCUT2D eigenvalue weighted by Crippen LogP contribution is 2.26. The second kappa shape index (κ2) is 7.36. The van der Waals surface area contributed by atoms with E-state index in [1.807, 2.05) is 36.4 Å². The van der Waals surface area contributed by atoms with E-state index in [9.17, 15) is 8.42 Å². The van der Waals surface area contributed by atoms with Gasteiger partial charge in [-0.15, -0.1) is 0 Å². The molecule has 4 rings (SSSR count). The van der Waals surface area contributed by atoms with Gasteiger partial charge in [0.05, 0.1) is 10.6 Å². The van der Waals surface area contributed by atoms with E-state index in [4.69, 9.17) is 0 Å². The molecule has 138 valence electrons. The molecule has 1 aliphatic rings. The van der Waals surface area contributed by atoms with E-state index in [0.29, 0.717) is 5.69 Å². The first-order valence-electron chi connectivity index (χ1n) is 8.89. The summed E-state index contributed by atoms with van der Waals surface area (Å²) < 4.78 is 27.9. The predicted molar refractivity (Wildman–Crippen MR) is 106 cm³/mol. The van der Waals surface area contributed by atoms with Crippen molar-refractivity contribution in [3.8, 4) is 11.3 Å². The fourth-order valence-corrected chi connectivity index (χ4v) is 4.09. The quantitative estimate of drug-likeness (QED) is 0.733. The van der Waals surface area contributed by atoms with Crippen molar-refractivity contribution in [2.75, 3.05) is 22.7 Å². The number of nitrogens with one attached hydrogen (secondary N) is 1. The van der Waals surface area contributed by atoms with Crippen LogP contribution in [0, 0.1) is 0 Å². The topological polar surface area (TPSA) is 75.2 Å². The third-order valence-electron chi connectivity index (χ3n) is 4.49. The Balaban J connectivity index is 1.74. The fourth-order valence-electron chi connectivity index (χ4n) is 3.12. The predicted octanol–water partition coefficient (Wildman–Crippen LogP) is 3.54. The monoisotopic (exact) mass is 380 g/mol. The van der Waals surface area contributed by atoms with Crippen LogP contribution in [-0.2, 0) is 10.0 Å². The zero-order valence-electron chi connectivity index (χ0n) is 14.7. The first-order chi connectivity index (χ1) is 13.1. The van der Waals surface area contributed by atoms with Gasteiger partial charge in [-0.25, -0.2) is 18.1 Å². The maximum atomic E-state index is 12.7. The summed E-state index contributed by atoms with van der Waals surface area (Å²) in [6.45, 7) is 1.83. The van der Waals surface area contributed by atoms with E-state index < -0.39 is 10.0 Å². The highest BCUT2D eigenvalue weighted by Gasteiger charge is 2.20. The third kappa shape index (κ3) is 3.93. The molecular formula is C20H20N4O2S. The van der Waals surface area contributed by atoms with Crippen molar-refractivity contribution in [3.63, 3.8) is 0 Å². The molecule has 1 fully saturated rings. The van der Waals surface area contributed by atoms with E-state index in [0.717, 1.165) is 37.3 Å². The standard InChI is InChI=1S/C20H20N4O2S/c25-27(26,17-11-5-2-6-12-17)23-20-21-18(16-9-3-1-4-10-16)15-19(22-20)24-13-7-8-14-24/h1-6,9-12,15H,7-8,13-14H2,(H,21,22,23). The van der Waals surface area contributed by atoms with Crippen LogP contribution in [0.3, 0.4) is 0 Å². The summed E-state index contributed by atoms with van der Waals surface area (Å²) in [4.78, 5) is 11.3. The maximum Gasteiger partial charge on any atom is 0.264 e. The summed E-state index contributed by atoms with van der Waals surface area (Å²) in [6, 6.07) is 19.9. The van der Waals surface area contributed by atoms with E-state index in [1.54, 1.807) is 30.3 Å². The Labute approximate surface area is 159 Å². The molecule has 0 aliphatic carbocycles. The van der Waals surface area contributed by atoms with Crippen LogP contribution in [0.1, 0.15) is 12.8 Å². The molecule has 1 N–H and O–H groups in total. The number of hydrogen-bond donors (Lipinski definition) is 1. The van der Waals surface area contributed by atoms with Crippen LogP contribution >= 0.6 is 0 Å². The summed E-state index contributed by atoms with van der Waals surface area (Å²) in [5, 5.41) is 0. The van der Waals surface area contributed by atoms with Gasteiger partial charge in [-0.05, 0) is 25.0 Å². The van der Waals surface area contributed by atoms with Gasteiger partial charge in [0.2, 0.25) is 5.95 Å². The lowest BCUT2D eigenvalue weighted by Gasteiger charge is -2.18. The molecule has 0 atom stereocenters. The van der Waals surface area contributed by atoms with Crippen LogP contribution in [-0.4, -0.2) is 31.5 Å². The Hall–Kier alpha value is -2.93. The van der Waals surface area contributed by atoms with Crippen LogP contribution in [0.2, 0.25) is 0 Å². The lowest BCUT2D eigenvalue weighted by molar-refractivity contribution is 0.601. The molecule has 1 saturated heterocycles. The first kappa shape index (κ1) is 17.5. The smallest absolute Gasteiger partial charge is 0.264 e. The van der Waals surface area contributed by atoms with Gasteiger partial charge in [0, 0.05) is 24.7 Å². The zero-order chi connectivity index (χ0) is 18.7. The summed E-state index contributed by atoms with van der Waals surface area (Å²) in [7, 11) is -3.75. The lowest BCUT2D eigenvalue weighted by Crippen LogP contribution is -2.21. The minimum atomic E-state index is -3.75. The van der Waals surface area contributed by atoms with Crippen molar-refractivity contribution in [1.82, 2.24) is 9.97 Å². The molecule has 0 bridgehead atoms. The highest BCUT2D eigenvalue weighted by molar-refractivity contribution is 7.92. The van der Waals surface area contributed by atoms with Crippen LogP contribution < -0.4 is 9.62 Å². The van der Waals surface area contributed by atoms with Gasteiger partial charge in [-0.1, -0.05) is 48.5 Å². The Morgan fingerprint density at radius 1 is 0.852 bits per heavy atom. The molecule has 7 heteroatoms. The summed E-state index contributed by atoms with van der Waals surface area (Å²) in [5.74, 6) is 0.828. The number of hydrogen-bond acceptors (Lipinski definition) is 5. The first-order valence-corrected chi connectivity index (χ1v) is 10.4. The average molecular weight is 380 g/mol. The fraction of sp³-hybridized carbons (Fsp3) is 0.200. The van der Waals surface area contributed by atoms with Crippen molar-refractivity contribution in [2.24, 2.45) is 0 Å². The molecule has 0 spiro atoms. The van der Waals surface area contributed by atoms with Gasteiger partial charge in [-0.2, -0.15) is 4.98 Å². The van der Waals surface area contributed by atoms with Crippen LogP contribution in [0.25, 0.3) is 11.3 Å². The summed E-state index contributed by atoms with van der Waals surface area (Å²) >= 11 is 0. The minimum Gasteiger partial charge on any atom is -0.356 e. The molecule has 0 unspecified atom stereocenters. The molecule has 0 radical (unpaired) electrons. The van der Waals surface area contributed by atoms with Crippen molar-refractivity contribution in [2.45, 2.75) is 17.7 Å². The van der Waals surface area contributed by atoms with Gasteiger partial charge >= 0.3 is 0 Å². The summed E-state index contributed by atoms with van der Waals surface area (Å²) in [6.07, 6.45) is 2.21. The van der Waals surface area contributed by atoms with Gasteiger partial charge in [0.15, 0.2) is 0 Å². The number of benzene rings is 2. The Morgan fingerprint density at radius 3 is 2.15 bits per heavy atom. The highest BCUT2D eigenvalue weighted by atomic mass is 32.2. The summed E-state index contributed by atoms with van der Waals surface area (Å²) in [5.41, 5.74) is 1.61. The van der Waals surface area contributed by atoms with Crippen LogP contribution in [0.5, 0.6) is 0 Å². The van der Waals surface area contributed by atoms with Crippen molar-refractivity contribution in [1.29, 1.82) is 0 Å². The molecule has 2 aromatic carbocycles. The van der Waals surface area contributed by atoms with Gasteiger partial charge in [-0.3, -0.25) is 0 Å². The SMILES string of the molecule is O=S(=O)(Nc1nc(-c2ccccc2)cc(N2CCCC2)n1)c1ccccc1. The lowest BCUT2D eigenvalue weighted by atomic mass is 10.1. The zero-order valence-corrected chi connectivity index (χ0v) is 15.6. The minimum absolute atomic E-state index is 0.0853. The second-order valence-electron chi connectivity index (χ2n) is 6.41. The van der Waals surface area contributed by atoms with E-state index in [-0.39, 0.29) is 10.8 Å². The number of sulfonamides is 1. The number of anilines is 2. The van der Waals surface area contributed by atoms with Gasteiger partial charge < -0.3 is 4.90 Å². The Morgan fingerprint density at radius 2 is 1.48 bits per heavy atom. The number of aromatic nitrogens is 2. The molecule has 6 nitrogen and oxygen atoms in total. The van der Waals surface area contributed by atoms with Crippen molar-refractivity contribution in [3.05, 3.63) is 66.7 Å². The van der Waals surface area contributed by atoms with Crippen LogP contribution in [0.15, 0.2) is 71.6 Å². The van der Waals surface area contributed by atoms with Crippen molar-refractivity contribution >= 4 is 21.8 Å². The molecule has 0 saturated carbocycles. The Kier molecular flexibility index (Phi) is 4.77. The second-order valence-corrected chi connectivity index (χ2v) is 8.10. The van der Waals surface area contributed by atoms with Gasteiger partial charge in [0.25, 0.3) is 10.0 Å². The van der Waals surface area contributed by atoms with E-state index >= 15 is 0 Å². The Bertz CT molecular complexity index is 1020. The molecule has 3 aromatic rings. The van der Waals surface area contributed by atoms with Crippen LogP contribution in [0.4, 0.5) is 11.8 Å². The number of rotatable bonds is 5. The van der Waals surface area contributed by atoms with E-state index in [2.05, 4.69) is 19.6 Å². The molecule has 0 amide bonds. The van der Waals surface area contributed by atoms with E-state index in [1.165, 1.54) is 0 Å². The normalized spacial score (nSPS) is 14.3. The molecule has 1 aromatic heterocycles.